The van der Waals surface area contributed by atoms with E-state index in [9.17, 15) is 4.79 Å². The molecule has 0 aliphatic heterocycles. The number of pyridine rings is 1. The van der Waals surface area contributed by atoms with Crippen molar-refractivity contribution in [1.29, 1.82) is 0 Å². The summed E-state index contributed by atoms with van der Waals surface area (Å²) >= 11 is 0. The van der Waals surface area contributed by atoms with Gasteiger partial charge in [0.1, 0.15) is 0 Å². The van der Waals surface area contributed by atoms with Gasteiger partial charge < -0.3 is 15.5 Å². The molecule has 1 aromatic rings. The molecule has 0 saturated heterocycles. The van der Waals surface area contributed by atoms with Gasteiger partial charge in [-0.2, -0.15) is 0 Å². The third kappa shape index (κ3) is 4.58. The number of oxime groups is 1. The quantitative estimate of drug-likeness (QED) is 0.316. The number of aromatic nitrogens is 1. The predicted octanol–water partition coefficient (Wildman–Crippen LogP) is 0.307. The standard InChI is InChI=1S/C12H20N4O2/c1-2-6-15(10-11(13)14-18)8-9-16-7-4-3-5-12(16)17/h3-5,7,18H,2,6,8-10H2,1H3,(H2,13,14). The Hall–Kier alpha value is -1.82. The van der Waals surface area contributed by atoms with Crippen LogP contribution in [0.4, 0.5) is 0 Å². The second-order valence-corrected chi connectivity index (χ2v) is 4.10. The van der Waals surface area contributed by atoms with E-state index in [1.807, 2.05) is 6.07 Å². The van der Waals surface area contributed by atoms with E-state index in [-0.39, 0.29) is 11.4 Å². The van der Waals surface area contributed by atoms with Crippen LogP contribution in [0.3, 0.4) is 0 Å². The number of amidine groups is 1. The van der Waals surface area contributed by atoms with Crippen LogP contribution in [0.25, 0.3) is 0 Å². The van der Waals surface area contributed by atoms with Crippen LogP contribution in [-0.2, 0) is 6.54 Å². The van der Waals surface area contributed by atoms with E-state index in [1.165, 1.54) is 6.07 Å². The molecule has 0 atom stereocenters. The highest BCUT2D eigenvalue weighted by Gasteiger charge is 2.06. The summed E-state index contributed by atoms with van der Waals surface area (Å²) in [4.78, 5) is 13.6. The zero-order valence-electron chi connectivity index (χ0n) is 10.6. The number of nitrogens with two attached hydrogens (primary N) is 1. The Labute approximate surface area is 106 Å². The van der Waals surface area contributed by atoms with Crippen LogP contribution in [0.5, 0.6) is 0 Å². The molecule has 0 radical (unpaired) electrons. The fourth-order valence-corrected chi connectivity index (χ4v) is 1.74. The first-order valence-corrected chi connectivity index (χ1v) is 6.01. The Balaban J connectivity index is 2.57. The predicted molar refractivity (Wildman–Crippen MR) is 70.8 cm³/mol. The van der Waals surface area contributed by atoms with Gasteiger partial charge in [-0.25, -0.2) is 0 Å². The molecule has 0 aromatic carbocycles. The highest BCUT2D eigenvalue weighted by Crippen LogP contribution is 1.93. The second-order valence-electron chi connectivity index (χ2n) is 4.10. The monoisotopic (exact) mass is 252 g/mol. The summed E-state index contributed by atoms with van der Waals surface area (Å²) in [5, 5.41) is 11.5. The zero-order chi connectivity index (χ0) is 13.4. The molecule has 1 heterocycles. The molecule has 0 saturated carbocycles. The Morgan fingerprint density at radius 1 is 1.50 bits per heavy atom. The highest BCUT2D eigenvalue weighted by atomic mass is 16.4. The Kier molecular flexibility index (Phi) is 5.93. The van der Waals surface area contributed by atoms with Crippen molar-refractivity contribution < 1.29 is 5.21 Å². The summed E-state index contributed by atoms with van der Waals surface area (Å²) in [7, 11) is 0. The molecular formula is C12H20N4O2. The maximum Gasteiger partial charge on any atom is 0.250 e. The van der Waals surface area contributed by atoms with Crippen LogP contribution in [0.15, 0.2) is 34.3 Å². The molecule has 100 valence electrons. The lowest BCUT2D eigenvalue weighted by molar-refractivity contribution is 0.282. The maximum atomic E-state index is 11.5. The van der Waals surface area contributed by atoms with Gasteiger partial charge in [0.2, 0.25) is 0 Å². The molecule has 0 unspecified atom stereocenters. The minimum atomic E-state index is -0.0160. The van der Waals surface area contributed by atoms with Gasteiger partial charge in [-0.15, -0.1) is 0 Å². The fraction of sp³-hybridized carbons (Fsp3) is 0.500. The van der Waals surface area contributed by atoms with E-state index < -0.39 is 0 Å². The first-order chi connectivity index (χ1) is 8.67. The van der Waals surface area contributed by atoms with Crippen molar-refractivity contribution in [1.82, 2.24) is 9.47 Å². The van der Waals surface area contributed by atoms with Gasteiger partial charge in [-0.05, 0) is 19.0 Å². The van der Waals surface area contributed by atoms with Gasteiger partial charge in [0.25, 0.3) is 5.56 Å². The molecule has 18 heavy (non-hydrogen) atoms. The molecule has 1 aromatic heterocycles. The minimum Gasteiger partial charge on any atom is -0.409 e. The number of rotatable bonds is 7. The van der Waals surface area contributed by atoms with Gasteiger partial charge >= 0.3 is 0 Å². The van der Waals surface area contributed by atoms with E-state index in [1.54, 1.807) is 16.8 Å². The molecule has 3 N–H and O–H groups in total. The second kappa shape index (κ2) is 7.50. The lowest BCUT2D eigenvalue weighted by Crippen LogP contribution is -2.37. The summed E-state index contributed by atoms with van der Waals surface area (Å²) < 4.78 is 1.65. The SMILES string of the molecule is CCCN(CCn1ccccc1=O)C/C(N)=N/O. The van der Waals surface area contributed by atoms with Crippen molar-refractivity contribution in [2.45, 2.75) is 19.9 Å². The van der Waals surface area contributed by atoms with Crippen LogP contribution in [0.1, 0.15) is 13.3 Å². The lowest BCUT2D eigenvalue weighted by atomic mass is 10.3. The summed E-state index contributed by atoms with van der Waals surface area (Å²) in [5.41, 5.74) is 5.48. The lowest BCUT2D eigenvalue weighted by Gasteiger charge is -2.21. The van der Waals surface area contributed by atoms with Crippen LogP contribution in [0.2, 0.25) is 0 Å². The molecule has 0 fully saturated rings. The number of nitrogens with zero attached hydrogens (tertiary/aromatic N) is 3. The van der Waals surface area contributed by atoms with Gasteiger partial charge in [0.15, 0.2) is 5.84 Å². The number of hydrogen-bond acceptors (Lipinski definition) is 4. The van der Waals surface area contributed by atoms with Crippen molar-refractivity contribution in [2.75, 3.05) is 19.6 Å². The molecule has 0 spiro atoms. The zero-order valence-corrected chi connectivity index (χ0v) is 10.6. The van der Waals surface area contributed by atoms with Gasteiger partial charge in [0.05, 0.1) is 6.54 Å². The van der Waals surface area contributed by atoms with Crippen molar-refractivity contribution in [3.63, 3.8) is 0 Å². The minimum absolute atomic E-state index is 0.0160. The number of hydrogen-bond donors (Lipinski definition) is 2. The molecule has 0 amide bonds. The van der Waals surface area contributed by atoms with Crippen molar-refractivity contribution >= 4 is 5.84 Å². The summed E-state index contributed by atoms with van der Waals surface area (Å²) in [6, 6.07) is 5.09. The van der Waals surface area contributed by atoms with Crippen LogP contribution in [0, 0.1) is 0 Å². The van der Waals surface area contributed by atoms with E-state index in [0.717, 1.165) is 13.0 Å². The fourth-order valence-electron chi connectivity index (χ4n) is 1.74. The topological polar surface area (TPSA) is 83.9 Å². The Morgan fingerprint density at radius 2 is 2.28 bits per heavy atom. The summed E-state index contributed by atoms with van der Waals surface area (Å²) in [6.07, 6.45) is 2.73. The van der Waals surface area contributed by atoms with E-state index in [0.29, 0.717) is 19.6 Å². The molecule has 1 rings (SSSR count). The van der Waals surface area contributed by atoms with Crippen molar-refractivity contribution in [3.05, 3.63) is 34.7 Å². The summed E-state index contributed by atoms with van der Waals surface area (Å²) in [5.74, 6) is 0.184. The smallest absolute Gasteiger partial charge is 0.250 e. The largest absolute Gasteiger partial charge is 0.409 e. The molecule has 0 bridgehead atoms. The third-order valence-electron chi connectivity index (χ3n) is 2.61. The molecule has 0 aliphatic carbocycles. The molecule has 6 heteroatoms. The molecular weight excluding hydrogens is 232 g/mol. The van der Waals surface area contributed by atoms with Gasteiger partial charge in [-0.3, -0.25) is 9.69 Å². The average molecular weight is 252 g/mol. The van der Waals surface area contributed by atoms with Crippen molar-refractivity contribution in [3.8, 4) is 0 Å². The Morgan fingerprint density at radius 3 is 2.89 bits per heavy atom. The van der Waals surface area contributed by atoms with Crippen LogP contribution >= 0.6 is 0 Å². The third-order valence-corrected chi connectivity index (χ3v) is 2.61. The summed E-state index contributed by atoms with van der Waals surface area (Å²) in [6.45, 7) is 4.60. The first-order valence-electron chi connectivity index (χ1n) is 6.01. The van der Waals surface area contributed by atoms with E-state index in [4.69, 9.17) is 10.9 Å². The maximum absolute atomic E-state index is 11.5. The van der Waals surface area contributed by atoms with E-state index >= 15 is 0 Å². The molecule has 6 nitrogen and oxygen atoms in total. The highest BCUT2D eigenvalue weighted by molar-refractivity contribution is 5.81. The molecule has 0 aliphatic rings. The first kappa shape index (κ1) is 14.2. The van der Waals surface area contributed by atoms with Crippen LogP contribution in [-0.4, -0.2) is 40.1 Å². The Bertz CT molecular complexity index is 442. The van der Waals surface area contributed by atoms with Gasteiger partial charge in [0, 0.05) is 25.4 Å². The van der Waals surface area contributed by atoms with Crippen molar-refractivity contribution in [2.24, 2.45) is 10.9 Å². The van der Waals surface area contributed by atoms with Crippen LogP contribution < -0.4 is 11.3 Å². The normalized spacial score (nSPS) is 12.0. The van der Waals surface area contributed by atoms with Gasteiger partial charge in [-0.1, -0.05) is 18.1 Å². The van der Waals surface area contributed by atoms with E-state index in [2.05, 4.69) is 17.0 Å². The average Bonchev–Trinajstić information content (AvgIpc) is 2.37.